The van der Waals surface area contributed by atoms with Gasteiger partial charge in [-0.3, -0.25) is 4.79 Å². The van der Waals surface area contributed by atoms with Crippen LogP contribution in [0.2, 0.25) is 0 Å². The van der Waals surface area contributed by atoms with Crippen molar-refractivity contribution in [1.82, 2.24) is 5.32 Å². The molecule has 0 fully saturated rings. The largest absolute Gasteiger partial charge is 0.378 e. The van der Waals surface area contributed by atoms with Crippen LogP contribution in [0.25, 0.3) is 0 Å². The van der Waals surface area contributed by atoms with Crippen LogP contribution in [0.5, 0.6) is 0 Å². The number of hydrogen-bond acceptors (Lipinski definition) is 2. The van der Waals surface area contributed by atoms with Crippen LogP contribution in [0.1, 0.15) is 40.0 Å². The first-order chi connectivity index (χ1) is 10.0. The average Bonchev–Trinajstić information content (AvgIpc) is 2.49. The van der Waals surface area contributed by atoms with Gasteiger partial charge in [0.1, 0.15) is 0 Å². The summed E-state index contributed by atoms with van der Waals surface area (Å²) < 4.78 is 0. The highest BCUT2D eigenvalue weighted by Crippen LogP contribution is 2.24. The van der Waals surface area contributed by atoms with E-state index in [9.17, 15) is 4.79 Å². The first-order valence-corrected chi connectivity index (χ1v) is 7.17. The minimum atomic E-state index is -0.0564. The van der Waals surface area contributed by atoms with Gasteiger partial charge in [0.15, 0.2) is 0 Å². The number of amides is 1. The quantitative estimate of drug-likeness (QED) is 0.894. The minimum absolute atomic E-state index is 0.0564. The third-order valence-electron chi connectivity index (χ3n) is 3.75. The van der Waals surface area contributed by atoms with Crippen molar-refractivity contribution in [3.05, 3.63) is 64.7 Å². The summed E-state index contributed by atoms with van der Waals surface area (Å²) >= 11 is 0. The van der Waals surface area contributed by atoms with Gasteiger partial charge in [0.05, 0.1) is 0 Å². The SMILES string of the molecule is CNC(=O)c1cccc(NC(C)c2ccc(C)cc2)c1C. The van der Waals surface area contributed by atoms with Crippen LogP contribution in [0, 0.1) is 13.8 Å². The molecule has 1 atom stereocenters. The highest BCUT2D eigenvalue weighted by atomic mass is 16.1. The Labute approximate surface area is 126 Å². The lowest BCUT2D eigenvalue weighted by atomic mass is 10.0. The van der Waals surface area contributed by atoms with Crippen molar-refractivity contribution in [1.29, 1.82) is 0 Å². The van der Waals surface area contributed by atoms with Crippen LogP contribution >= 0.6 is 0 Å². The Bertz CT molecular complexity index is 632. The van der Waals surface area contributed by atoms with Gasteiger partial charge in [-0.15, -0.1) is 0 Å². The van der Waals surface area contributed by atoms with E-state index in [1.54, 1.807) is 7.05 Å². The Balaban J connectivity index is 2.23. The maximum atomic E-state index is 11.8. The number of carbonyl (C=O) groups is 1. The number of anilines is 1. The van der Waals surface area contributed by atoms with Crippen LogP contribution in [0.4, 0.5) is 5.69 Å². The van der Waals surface area contributed by atoms with Gasteiger partial charge in [-0.1, -0.05) is 35.9 Å². The Kier molecular flexibility index (Phi) is 4.63. The number of nitrogens with one attached hydrogen (secondary N) is 2. The molecule has 2 N–H and O–H groups in total. The van der Waals surface area contributed by atoms with E-state index >= 15 is 0 Å². The molecule has 2 rings (SSSR count). The maximum Gasteiger partial charge on any atom is 0.251 e. The van der Waals surface area contributed by atoms with Gasteiger partial charge in [-0.05, 0) is 44.0 Å². The normalized spacial score (nSPS) is 11.8. The fraction of sp³-hybridized carbons (Fsp3) is 0.278. The molecule has 0 saturated carbocycles. The van der Waals surface area contributed by atoms with Crippen LogP contribution in [-0.2, 0) is 0 Å². The van der Waals surface area contributed by atoms with Gasteiger partial charge in [-0.2, -0.15) is 0 Å². The molecule has 110 valence electrons. The molecule has 2 aromatic carbocycles. The van der Waals surface area contributed by atoms with E-state index in [0.29, 0.717) is 5.56 Å². The van der Waals surface area contributed by atoms with E-state index in [2.05, 4.69) is 48.7 Å². The lowest BCUT2D eigenvalue weighted by molar-refractivity contribution is 0.0962. The number of rotatable bonds is 4. The van der Waals surface area contributed by atoms with E-state index in [0.717, 1.165) is 11.3 Å². The Morgan fingerprint density at radius 1 is 1.05 bits per heavy atom. The number of carbonyl (C=O) groups excluding carboxylic acids is 1. The molecule has 3 nitrogen and oxygen atoms in total. The van der Waals surface area contributed by atoms with Gasteiger partial charge in [0.2, 0.25) is 0 Å². The Morgan fingerprint density at radius 3 is 2.33 bits per heavy atom. The van der Waals surface area contributed by atoms with Gasteiger partial charge in [0, 0.05) is 24.3 Å². The molecule has 0 aromatic heterocycles. The molecule has 0 bridgehead atoms. The second-order valence-corrected chi connectivity index (χ2v) is 5.33. The molecule has 0 saturated heterocycles. The van der Waals surface area contributed by atoms with E-state index in [4.69, 9.17) is 0 Å². The smallest absolute Gasteiger partial charge is 0.251 e. The van der Waals surface area contributed by atoms with Crippen LogP contribution < -0.4 is 10.6 Å². The minimum Gasteiger partial charge on any atom is -0.378 e. The molecule has 1 amide bonds. The summed E-state index contributed by atoms with van der Waals surface area (Å²) in [6.45, 7) is 6.17. The first kappa shape index (κ1) is 15.1. The van der Waals surface area contributed by atoms with Crippen molar-refractivity contribution in [3.8, 4) is 0 Å². The summed E-state index contributed by atoms with van der Waals surface area (Å²) in [6.07, 6.45) is 0. The van der Waals surface area contributed by atoms with Crippen molar-refractivity contribution in [2.75, 3.05) is 12.4 Å². The Morgan fingerprint density at radius 2 is 1.71 bits per heavy atom. The highest BCUT2D eigenvalue weighted by molar-refractivity contribution is 5.96. The lowest BCUT2D eigenvalue weighted by Crippen LogP contribution is -2.19. The number of benzene rings is 2. The molecule has 0 aliphatic carbocycles. The summed E-state index contributed by atoms with van der Waals surface area (Å²) in [5.74, 6) is -0.0564. The van der Waals surface area contributed by atoms with E-state index in [-0.39, 0.29) is 11.9 Å². The van der Waals surface area contributed by atoms with Crippen molar-refractivity contribution in [3.63, 3.8) is 0 Å². The fourth-order valence-corrected chi connectivity index (χ4v) is 2.34. The molecule has 3 heteroatoms. The summed E-state index contributed by atoms with van der Waals surface area (Å²) in [6, 6.07) is 14.4. The summed E-state index contributed by atoms with van der Waals surface area (Å²) in [4.78, 5) is 11.8. The summed E-state index contributed by atoms with van der Waals surface area (Å²) in [7, 11) is 1.65. The van der Waals surface area contributed by atoms with E-state index in [1.807, 2.05) is 25.1 Å². The molecule has 21 heavy (non-hydrogen) atoms. The highest BCUT2D eigenvalue weighted by Gasteiger charge is 2.12. The molecule has 1 unspecified atom stereocenters. The zero-order chi connectivity index (χ0) is 15.4. The predicted octanol–water partition coefficient (Wildman–Crippen LogP) is 3.84. The number of hydrogen-bond donors (Lipinski definition) is 2. The molecule has 0 radical (unpaired) electrons. The third-order valence-corrected chi connectivity index (χ3v) is 3.75. The first-order valence-electron chi connectivity index (χ1n) is 7.17. The molecule has 0 aliphatic rings. The molecule has 0 heterocycles. The van der Waals surface area contributed by atoms with Crippen LogP contribution in [-0.4, -0.2) is 13.0 Å². The zero-order valence-corrected chi connectivity index (χ0v) is 13.0. The topological polar surface area (TPSA) is 41.1 Å². The van der Waals surface area contributed by atoms with Crippen molar-refractivity contribution in [2.45, 2.75) is 26.8 Å². The van der Waals surface area contributed by atoms with Gasteiger partial charge in [-0.25, -0.2) is 0 Å². The predicted molar refractivity (Wildman–Crippen MR) is 87.8 cm³/mol. The maximum absolute atomic E-state index is 11.8. The summed E-state index contributed by atoms with van der Waals surface area (Å²) in [5.41, 5.74) is 5.15. The van der Waals surface area contributed by atoms with Crippen LogP contribution in [0.15, 0.2) is 42.5 Å². The standard InChI is InChI=1S/C18H22N2O/c1-12-8-10-15(11-9-12)14(3)20-17-7-5-6-16(13(17)2)18(21)19-4/h5-11,14,20H,1-4H3,(H,19,21). The van der Waals surface area contributed by atoms with Gasteiger partial charge in [0.25, 0.3) is 5.91 Å². The van der Waals surface area contributed by atoms with E-state index < -0.39 is 0 Å². The van der Waals surface area contributed by atoms with Crippen molar-refractivity contribution >= 4 is 11.6 Å². The average molecular weight is 282 g/mol. The van der Waals surface area contributed by atoms with Crippen molar-refractivity contribution in [2.24, 2.45) is 0 Å². The Hall–Kier alpha value is -2.29. The van der Waals surface area contributed by atoms with Crippen LogP contribution in [0.3, 0.4) is 0 Å². The van der Waals surface area contributed by atoms with E-state index in [1.165, 1.54) is 11.1 Å². The fourth-order valence-electron chi connectivity index (χ4n) is 2.34. The lowest BCUT2D eigenvalue weighted by Gasteiger charge is -2.19. The molecular weight excluding hydrogens is 260 g/mol. The third kappa shape index (κ3) is 3.43. The number of aryl methyl sites for hydroxylation is 1. The summed E-state index contributed by atoms with van der Waals surface area (Å²) in [5, 5.41) is 6.16. The monoisotopic (exact) mass is 282 g/mol. The molecular formula is C18H22N2O. The van der Waals surface area contributed by atoms with Gasteiger partial charge < -0.3 is 10.6 Å². The van der Waals surface area contributed by atoms with Gasteiger partial charge >= 0.3 is 0 Å². The second-order valence-electron chi connectivity index (χ2n) is 5.33. The molecule has 2 aromatic rings. The van der Waals surface area contributed by atoms with Crippen molar-refractivity contribution < 1.29 is 4.79 Å². The molecule has 0 aliphatic heterocycles. The second kappa shape index (κ2) is 6.44. The molecule has 0 spiro atoms. The zero-order valence-electron chi connectivity index (χ0n) is 13.0.